The van der Waals surface area contributed by atoms with E-state index < -0.39 is 0 Å². The van der Waals surface area contributed by atoms with Crippen molar-refractivity contribution < 1.29 is 9.59 Å². The zero-order chi connectivity index (χ0) is 15.5. The summed E-state index contributed by atoms with van der Waals surface area (Å²) in [6.07, 6.45) is 1.99. The van der Waals surface area contributed by atoms with Crippen LogP contribution in [0, 0.1) is 5.92 Å². The predicted octanol–water partition coefficient (Wildman–Crippen LogP) is 1.54. The first-order valence-electron chi connectivity index (χ1n) is 7.83. The Labute approximate surface area is 130 Å². The Morgan fingerprint density at radius 1 is 1.27 bits per heavy atom. The van der Waals surface area contributed by atoms with Gasteiger partial charge in [-0.3, -0.25) is 9.69 Å². The third-order valence-corrected chi connectivity index (χ3v) is 4.29. The van der Waals surface area contributed by atoms with E-state index in [0.717, 1.165) is 30.8 Å². The highest BCUT2D eigenvalue weighted by molar-refractivity contribution is 5.96. The van der Waals surface area contributed by atoms with Gasteiger partial charge in [0.05, 0.1) is 6.04 Å². The molecular weight excluding hydrogens is 280 g/mol. The number of anilines is 2. The molecule has 22 heavy (non-hydrogen) atoms. The second kappa shape index (κ2) is 6.36. The van der Waals surface area contributed by atoms with Gasteiger partial charge in [-0.25, -0.2) is 4.79 Å². The molecule has 2 unspecified atom stereocenters. The Kier molecular flexibility index (Phi) is 4.29. The summed E-state index contributed by atoms with van der Waals surface area (Å²) in [4.78, 5) is 25.6. The summed E-state index contributed by atoms with van der Waals surface area (Å²) < 4.78 is 0. The first-order chi connectivity index (χ1) is 10.6. The maximum atomic E-state index is 12.3. The number of carbonyl (C=O) groups is 2. The van der Waals surface area contributed by atoms with E-state index >= 15 is 0 Å². The molecule has 6 heteroatoms. The largest absolute Gasteiger partial charge is 0.336 e. The lowest BCUT2D eigenvalue weighted by molar-refractivity contribution is -0.119. The minimum absolute atomic E-state index is 0.0122. The molecular formula is C16H22N4O2. The van der Waals surface area contributed by atoms with Gasteiger partial charge in [-0.15, -0.1) is 0 Å². The topological polar surface area (TPSA) is 73.5 Å². The van der Waals surface area contributed by atoms with Gasteiger partial charge in [-0.2, -0.15) is 0 Å². The summed E-state index contributed by atoms with van der Waals surface area (Å²) in [7, 11) is 0. The summed E-state index contributed by atoms with van der Waals surface area (Å²) in [5.41, 5.74) is 1.60. The van der Waals surface area contributed by atoms with Crippen molar-refractivity contribution in [1.29, 1.82) is 0 Å². The van der Waals surface area contributed by atoms with E-state index in [9.17, 15) is 9.59 Å². The lowest BCUT2D eigenvalue weighted by Gasteiger charge is -2.27. The zero-order valence-corrected chi connectivity index (χ0v) is 12.8. The molecule has 2 atom stereocenters. The van der Waals surface area contributed by atoms with Gasteiger partial charge in [-0.1, -0.05) is 6.92 Å². The number of nitrogens with zero attached hydrogens (tertiary/aromatic N) is 1. The molecule has 1 aromatic rings. The van der Waals surface area contributed by atoms with Crippen LogP contribution in [-0.4, -0.2) is 37.6 Å². The molecule has 2 aliphatic heterocycles. The Morgan fingerprint density at radius 2 is 2.05 bits per heavy atom. The van der Waals surface area contributed by atoms with Gasteiger partial charge >= 0.3 is 6.03 Å². The number of hydrogen-bond acceptors (Lipinski definition) is 3. The number of carbonyl (C=O) groups excluding carboxylic acids is 2. The van der Waals surface area contributed by atoms with Crippen molar-refractivity contribution in [2.24, 2.45) is 5.92 Å². The second-order valence-corrected chi connectivity index (χ2v) is 6.06. The van der Waals surface area contributed by atoms with E-state index in [1.165, 1.54) is 0 Å². The zero-order valence-electron chi connectivity index (χ0n) is 12.8. The third kappa shape index (κ3) is 3.22. The number of rotatable bonds is 3. The van der Waals surface area contributed by atoms with Gasteiger partial charge < -0.3 is 16.0 Å². The van der Waals surface area contributed by atoms with Crippen LogP contribution in [0.3, 0.4) is 0 Å². The molecule has 0 aliphatic carbocycles. The predicted molar refractivity (Wildman–Crippen MR) is 86.0 cm³/mol. The maximum Gasteiger partial charge on any atom is 0.321 e. The first-order valence-corrected chi connectivity index (χ1v) is 7.83. The first kappa shape index (κ1) is 14.8. The molecule has 3 rings (SSSR count). The monoisotopic (exact) mass is 302 g/mol. The molecule has 118 valence electrons. The number of amides is 3. The van der Waals surface area contributed by atoms with E-state index in [2.05, 4.69) is 22.9 Å². The molecule has 2 fully saturated rings. The number of hydrogen-bond donors (Lipinski definition) is 3. The summed E-state index contributed by atoms with van der Waals surface area (Å²) in [6, 6.07) is 7.20. The van der Waals surface area contributed by atoms with Crippen LogP contribution < -0.4 is 20.9 Å². The van der Waals surface area contributed by atoms with Crippen molar-refractivity contribution in [2.45, 2.75) is 25.8 Å². The van der Waals surface area contributed by atoms with Gasteiger partial charge in [0.25, 0.3) is 0 Å². The van der Waals surface area contributed by atoms with E-state index in [0.29, 0.717) is 19.0 Å². The van der Waals surface area contributed by atoms with Gasteiger partial charge in [0.15, 0.2) is 0 Å². The smallest absolute Gasteiger partial charge is 0.321 e. The van der Waals surface area contributed by atoms with Crippen LogP contribution in [0.5, 0.6) is 0 Å². The second-order valence-electron chi connectivity index (χ2n) is 6.06. The fourth-order valence-electron chi connectivity index (χ4n) is 2.98. The van der Waals surface area contributed by atoms with Crippen molar-refractivity contribution in [3.63, 3.8) is 0 Å². The molecule has 2 heterocycles. The quantitative estimate of drug-likeness (QED) is 0.793. The number of nitrogens with one attached hydrogen (secondary N) is 3. The molecule has 2 aliphatic rings. The van der Waals surface area contributed by atoms with Crippen LogP contribution in [0.4, 0.5) is 16.2 Å². The van der Waals surface area contributed by atoms with Gasteiger partial charge in [-0.05, 0) is 49.6 Å². The molecule has 0 saturated carbocycles. The van der Waals surface area contributed by atoms with Crippen molar-refractivity contribution >= 4 is 23.3 Å². The van der Waals surface area contributed by atoms with Crippen molar-refractivity contribution in [3.05, 3.63) is 24.3 Å². The van der Waals surface area contributed by atoms with Crippen molar-refractivity contribution in [1.82, 2.24) is 10.6 Å². The van der Waals surface area contributed by atoms with Crippen LogP contribution >= 0.6 is 0 Å². The Bertz CT molecular complexity index is 558. The molecule has 3 amide bonds. The molecule has 2 saturated heterocycles. The SMILES string of the molecule is CC1CCNC(C(=O)Nc2ccc(N3CCNC3=O)cc2)C1. The lowest BCUT2D eigenvalue weighted by Crippen LogP contribution is -2.45. The minimum Gasteiger partial charge on any atom is -0.336 e. The van der Waals surface area contributed by atoms with Gasteiger partial charge in [0.2, 0.25) is 5.91 Å². The van der Waals surface area contributed by atoms with Crippen LogP contribution in [0.15, 0.2) is 24.3 Å². The fraction of sp³-hybridized carbons (Fsp3) is 0.500. The molecule has 3 N–H and O–H groups in total. The Morgan fingerprint density at radius 3 is 2.68 bits per heavy atom. The van der Waals surface area contributed by atoms with Crippen LogP contribution in [0.1, 0.15) is 19.8 Å². The molecule has 0 radical (unpaired) electrons. The average molecular weight is 302 g/mol. The number of urea groups is 1. The molecule has 6 nitrogen and oxygen atoms in total. The summed E-state index contributed by atoms with van der Waals surface area (Å²) in [5.74, 6) is 0.589. The molecule has 0 spiro atoms. The third-order valence-electron chi connectivity index (χ3n) is 4.29. The summed E-state index contributed by atoms with van der Waals surface area (Å²) >= 11 is 0. The summed E-state index contributed by atoms with van der Waals surface area (Å²) in [5, 5.41) is 8.97. The highest BCUT2D eigenvalue weighted by atomic mass is 16.2. The number of benzene rings is 1. The molecule has 1 aromatic carbocycles. The van der Waals surface area contributed by atoms with Gasteiger partial charge in [0.1, 0.15) is 0 Å². The van der Waals surface area contributed by atoms with Crippen molar-refractivity contribution in [3.8, 4) is 0 Å². The Hall–Kier alpha value is -2.08. The average Bonchev–Trinajstić information content (AvgIpc) is 2.94. The van der Waals surface area contributed by atoms with Gasteiger partial charge in [0, 0.05) is 24.5 Å². The standard InChI is InChI=1S/C16H22N4O2/c1-11-6-7-17-14(10-11)15(21)19-12-2-4-13(5-3-12)20-9-8-18-16(20)22/h2-5,11,14,17H,6-10H2,1H3,(H,18,22)(H,19,21). The van der Waals surface area contributed by atoms with Crippen LogP contribution in [0.25, 0.3) is 0 Å². The highest BCUT2D eigenvalue weighted by Crippen LogP contribution is 2.21. The minimum atomic E-state index is -0.118. The van der Waals surface area contributed by atoms with E-state index in [4.69, 9.17) is 0 Å². The maximum absolute atomic E-state index is 12.3. The normalized spacial score (nSPS) is 25.0. The Balaban J connectivity index is 1.61. The molecule has 0 bridgehead atoms. The van der Waals surface area contributed by atoms with Crippen LogP contribution in [-0.2, 0) is 4.79 Å². The van der Waals surface area contributed by atoms with E-state index in [1.807, 2.05) is 24.3 Å². The fourth-order valence-corrected chi connectivity index (χ4v) is 2.98. The number of piperidine rings is 1. The van der Waals surface area contributed by atoms with E-state index in [-0.39, 0.29) is 18.0 Å². The lowest BCUT2D eigenvalue weighted by atomic mass is 9.94. The van der Waals surface area contributed by atoms with E-state index in [1.54, 1.807) is 4.90 Å². The highest BCUT2D eigenvalue weighted by Gasteiger charge is 2.25. The van der Waals surface area contributed by atoms with Crippen molar-refractivity contribution in [2.75, 3.05) is 29.9 Å². The van der Waals surface area contributed by atoms with Crippen LogP contribution in [0.2, 0.25) is 0 Å². The molecule has 0 aromatic heterocycles. The summed E-state index contributed by atoms with van der Waals surface area (Å²) in [6.45, 7) is 4.41.